The lowest BCUT2D eigenvalue weighted by molar-refractivity contribution is 0.386. The van der Waals surface area contributed by atoms with Crippen LogP contribution in [0.3, 0.4) is 0 Å². The minimum atomic E-state index is -3.09. The van der Waals surface area contributed by atoms with Gasteiger partial charge < -0.3 is 4.90 Å². The van der Waals surface area contributed by atoms with Crippen LogP contribution in [-0.4, -0.2) is 50.1 Å². The predicted molar refractivity (Wildman–Crippen MR) is 72.4 cm³/mol. The molecule has 0 N–H and O–H groups in total. The summed E-state index contributed by atoms with van der Waals surface area (Å²) < 4.78 is 24.3. The minimum Gasteiger partial charge on any atom is -0.354 e. The standard InChI is InChI=1S/C11H16ClN3O2S/c1-18(16,17)15-7-5-14(6-8-15)11-10(9-12)3-2-4-13-11/h2-4H,5-9H2,1H3. The molecule has 0 unspecified atom stereocenters. The van der Waals surface area contributed by atoms with E-state index in [1.54, 1.807) is 6.20 Å². The number of halogens is 1. The van der Waals surface area contributed by atoms with Gasteiger partial charge in [-0.3, -0.25) is 0 Å². The number of nitrogens with zero attached hydrogens (tertiary/aromatic N) is 3. The largest absolute Gasteiger partial charge is 0.354 e. The number of rotatable bonds is 3. The van der Waals surface area contributed by atoms with Gasteiger partial charge in [-0.15, -0.1) is 11.6 Å². The molecule has 18 heavy (non-hydrogen) atoms. The number of hydrogen-bond donors (Lipinski definition) is 0. The highest BCUT2D eigenvalue weighted by Crippen LogP contribution is 2.20. The van der Waals surface area contributed by atoms with E-state index >= 15 is 0 Å². The highest BCUT2D eigenvalue weighted by Gasteiger charge is 2.24. The van der Waals surface area contributed by atoms with Crippen LogP contribution in [0, 0.1) is 0 Å². The molecule has 1 aliphatic rings. The molecule has 2 heterocycles. The van der Waals surface area contributed by atoms with E-state index in [1.165, 1.54) is 10.6 Å². The Morgan fingerprint density at radius 2 is 2.00 bits per heavy atom. The SMILES string of the molecule is CS(=O)(=O)N1CCN(c2ncccc2CCl)CC1. The van der Waals surface area contributed by atoms with E-state index in [0.29, 0.717) is 32.1 Å². The first-order valence-electron chi connectivity index (χ1n) is 5.72. The molecule has 0 saturated carbocycles. The lowest BCUT2D eigenvalue weighted by atomic mass is 10.2. The van der Waals surface area contributed by atoms with Crippen LogP contribution in [-0.2, 0) is 15.9 Å². The van der Waals surface area contributed by atoms with Gasteiger partial charge in [-0.1, -0.05) is 6.07 Å². The Bertz CT molecular complexity index is 513. The third kappa shape index (κ3) is 2.93. The molecule has 1 aromatic rings. The van der Waals surface area contributed by atoms with Gasteiger partial charge in [0.05, 0.1) is 12.1 Å². The number of alkyl halides is 1. The maximum absolute atomic E-state index is 11.4. The van der Waals surface area contributed by atoms with Gasteiger partial charge in [0.2, 0.25) is 10.0 Å². The molecule has 5 nitrogen and oxygen atoms in total. The van der Waals surface area contributed by atoms with Crippen molar-refractivity contribution in [2.45, 2.75) is 5.88 Å². The van der Waals surface area contributed by atoms with Crippen LogP contribution < -0.4 is 4.90 Å². The molecule has 100 valence electrons. The highest BCUT2D eigenvalue weighted by molar-refractivity contribution is 7.88. The summed E-state index contributed by atoms with van der Waals surface area (Å²) in [6, 6.07) is 3.80. The highest BCUT2D eigenvalue weighted by atomic mass is 35.5. The molecule has 1 saturated heterocycles. The molecular weight excluding hydrogens is 274 g/mol. The summed E-state index contributed by atoms with van der Waals surface area (Å²) in [7, 11) is -3.09. The summed E-state index contributed by atoms with van der Waals surface area (Å²) >= 11 is 5.88. The van der Waals surface area contributed by atoms with E-state index in [4.69, 9.17) is 11.6 Å². The maximum atomic E-state index is 11.4. The molecule has 0 bridgehead atoms. The van der Waals surface area contributed by atoms with Crippen LogP contribution in [0.5, 0.6) is 0 Å². The summed E-state index contributed by atoms with van der Waals surface area (Å²) in [4.78, 5) is 6.42. The normalized spacial score (nSPS) is 18.0. The van der Waals surface area contributed by atoms with Crippen LogP contribution in [0.1, 0.15) is 5.56 Å². The summed E-state index contributed by atoms with van der Waals surface area (Å²) in [5.41, 5.74) is 0.979. The Hall–Kier alpha value is -0.850. The van der Waals surface area contributed by atoms with Gasteiger partial charge in [-0.2, -0.15) is 4.31 Å². The number of hydrogen-bond acceptors (Lipinski definition) is 4. The third-order valence-electron chi connectivity index (χ3n) is 3.02. The van der Waals surface area contributed by atoms with Crippen molar-refractivity contribution in [2.75, 3.05) is 37.3 Å². The quantitative estimate of drug-likeness (QED) is 0.776. The number of sulfonamides is 1. The van der Waals surface area contributed by atoms with Gasteiger partial charge in [-0.25, -0.2) is 13.4 Å². The Morgan fingerprint density at radius 1 is 1.33 bits per heavy atom. The fourth-order valence-corrected chi connectivity index (χ4v) is 3.09. The van der Waals surface area contributed by atoms with Gasteiger partial charge in [0.15, 0.2) is 0 Å². The first-order valence-corrected chi connectivity index (χ1v) is 8.10. The zero-order chi connectivity index (χ0) is 13.2. The van der Waals surface area contributed by atoms with E-state index in [-0.39, 0.29) is 0 Å². The second kappa shape index (κ2) is 5.42. The van der Waals surface area contributed by atoms with E-state index in [1.807, 2.05) is 12.1 Å². The Balaban J connectivity index is 2.10. The lowest BCUT2D eigenvalue weighted by Crippen LogP contribution is -2.48. The van der Waals surface area contributed by atoms with Crippen LogP contribution in [0.4, 0.5) is 5.82 Å². The summed E-state index contributed by atoms with van der Waals surface area (Å²) in [6.45, 7) is 2.29. The molecule has 1 aliphatic heterocycles. The minimum absolute atomic E-state index is 0.412. The van der Waals surface area contributed by atoms with E-state index in [2.05, 4.69) is 9.88 Å². The zero-order valence-corrected chi connectivity index (χ0v) is 11.8. The molecule has 0 spiro atoms. The topological polar surface area (TPSA) is 53.5 Å². The maximum Gasteiger partial charge on any atom is 0.211 e. The van der Waals surface area contributed by atoms with Gasteiger partial charge in [0, 0.05) is 37.9 Å². The molecule has 0 amide bonds. The van der Waals surface area contributed by atoms with E-state index in [0.717, 1.165) is 11.4 Å². The molecule has 7 heteroatoms. The van der Waals surface area contributed by atoms with Crippen molar-refractivity contribution >= 4 is 27.4 Å². The summed E-state index contributed by atoms with van der Waals surface area (Å²) in [6.07, 6.45) is 2.97. The monoisotopic (exact) mass is 289 g/mol. The zero-order valence-electron chi connectivity index (χ0n) is 10.2. The average Bonchev–Trinajstić information content (AvgIpc) is 2.38. The van der Waals surface area contributed by atoms with Crippen molar-refractivity contribution in [2.24, 2.45) is 0 Å². The molecule has 0 aliphatic carbocycles. The number of piperazine rings is 1. The van der Waals surface area contributed by atoms with E-state index in [9.17, 15) is 8.42 Å². The Kier molecular flexibility index (Phi) is 4.09. The third-order valence-corrected chi connectivity index (χ3v) is 4.61. The average molecular weight is 290 g/mol. The molecule has 2 rings (SSSR count). The predicted octanol–water partition coefficient (Wildman–Crippen LogP) is 0.902. The first kappa shape index (κ1) is 13.6. The van der Waals surface area contributed by atoms with Crippen molar-refractivity contribution in [3.8, 4) is 0 Å². The van der Waals surface area contributed by atoms with Crippen LogP contribution in [0.25, 0.3) is 0 Å². The van der Waals surface area contributed by atoms with Crippen molar-refractivity contribution in [1.82, 2.24) is 9.29 Å². The smallest absolute Gasteiger partial charge is 0.211 e. The number of aromatic nitrogens is 1. The Labute approximate surface area is 112 Å². The molecule has 1 fully saturated rings. The van der Waals surface area contributed by atoms with Crippen molar-refractivity contribution < 1.29 is 8.42 Å². The molecule has 0 aromatic carbocycles. The van der Waals surface area contributed by atoms with Crippen molar-refractivity contribution in [3.63, 3.8) is 0 Å². The van der Waals surface area contributed by atoms with Gasteiger partial charge in [0.25, 0.3) is 0 Å². The molecule has 0 atom stereocenters. The van der Waals surface area contributed by atoms with E-state index < -0.39 is 10.0 Å². The summed E-state index contributed by atoms with van der Waals surface area (Å²) in [5.74, 6) is 1.27. The number of pyridine rings is 1. The molecular formula is C11H16ClN3O2S. The van der Waals surface area contributed by atoms with Gasteiger partial charge in [0.1, 0.15) is 5.82 Å². The lowest BCUT2D eigenvalue weighted by Gasteiger charge is -2.34. The first-order chi connectivity index (χ1) is 8.52. The van der Waals surface area contributed by atoms with Crippen molar-refractivity contribution in [1.29, 1.82) is 0 Å². The van der Waals surface area contributed by atoms with Crippen molar-refractivity contribution in [3.05, 3.63) is 23.9 Å². The molecule has 1 aromatic heterocycles. The fourth-order valence-electron chi connectivity index (χ4n) is 2.05. The Morgan fingerprint density at radius 3 is 2.56 bits per heavy atom. The van der Waals surface area contributed by atoms with Crippen LogP contribution in [0.2, 0.25) is 0 Å². The van der Waals surface area contributed by atoms with Crippen LogP contribution >= 0.6 is 11.6 Å². The van der Waals surface area contributed by atoms with Gasteiger partial charge >= 0.3 is 0 Å². The fraction of sp³-hybridized carbons (Fsp3) is 0.545. The summed E-state index contributed by atoms with van der Waals surface area (Å²) in [5, 5.41) is 0. The van der Waals surface area contributed by atoms with Gasteiger partial charge in [-0.05, 0) is 6.07 Å². The molecule has 0 radical (unpaired) electrons. The second-order valence-electron chi connectivity index (χ2n) is 4.27. The second-order valence-corrected chi connectivity index (χ2v) is 6.52. The number of anilines is 1. The van der Waals surface area contributed by atoms with Crippen LogP contribution in [0.15, 0.2) is 18.3 Å².